The summed E-state index contributed by atoms with van der Waals surface area (Å²) in [5, 5.41) is 23.5. The number of hydrogen-bond donors (Lipinski definition) is 1. The Morgan fingerprint density at radius 1 is 1.30 bits per heavy atom. The van der Waals surface area contributed by atoms with Crippen LogP contribution >= 0.6 is 0 Å². The Hall–Kier alpha value is -4.00. The summed E-state index contributed by atoms with van der Waals surface area (Å²) in [4.78, 5) is 22.4. The molecule has 0 spiro atoms. The molecule has 1 amide bonds. The highest BCUT2D eigenvalue weighted by molar-refractivity contribution is 5.95. The van der Waals surface area contributed by atoms with Gasteiger partial charge in [-0.2, -0.15) is 10.4 Å². The molecule has 0 aliphatic rings. The van der Waals surface area contributed by atoms with Crippen molar-refractivity contribution >= 4 is 17.8 Å². The number of nitrogens with one attached hydrogen (secondary N) is 1. The minimum atomic E-state index is -0.876. The Morgan fingerprint density at radius 3 is 2.56 bits per heavy atom. The third kappa shape index (κ3) is 4.35. The van der Waals surface area contributed by atoms with E-state index in [1.165, 1.54) is 26.4 Å². The summed E-state index contributed by atoms with van der Waals surface area (Å²) in [5.41, 5.74) is 1.75. The first-order valence-corrected chi connectivity index (χ1v) is 7.34. The van der Waals surface area contributed by atoms with Crippen molar-refractivity contribution in [3.8, 4) is 17.6 Å². The van der Waals surface area contributed by atoms with Gasteiger partial charge in [-0.3, -0.25) is 14.9 Å². The van der Waals surface area contributed by atoms with Gasteiger partial charge in [0.25, 0.3) is 5.91 Å². The van der Waals surface area contributed by atoms with Gasteiger partial charge in [0.15, 0.2) is 0 Å². The zero-order valence-corrected chi connectivity index (χ0v) is 14.2. The van der Waals surface area contributed by atoms with Gasteiger partial charge < -0.3 is 9.47 Å². The second kappa shape index (κ2) is 8.39. The molecule has 0 bridgehead atoms. The molecule has 0 radical (unpaired) electrons. The number of carbonyl (C=O) groups is 1. The Morgan fingerprint density at radius 2 is 2.00 bits per heavy atom. The summed E-state index contributed by atoms with van der Waals surface area (Å²) in [6, 6.07) is 7.59. The lowest BCUT2D eigenvalue weighted by Crippen LogP contribution is -2.19. The number of rotatable bonds is 6. The van der Waals surface area contributed by atoms with Gasteiger partial charge in [0.1, 0.15) is 11.6 Å². The molecule has 0 aromatic heterocycles. The summed E-state index contributed by atoms with van der Waals surface area (Å²) in [6.45, 7) is 0. The molecule has 0 saturated heterocycles. The molecule has 2 aromatic carbocycles. The molecule has 0 aliphatic carbocycles. The molecule has 0 atom stereocenters. The van der Waals surface area contributed by atoms with Gasteiger partial charge in [-0.1, -0.05) is 0 Å². The van der Waals surface area contributed by atoms with Gasteiger partial charge in [-0.25, -0.2) is 9.82 Å². The molecule has 0 heterocycles. The lowest BCUT2D eigenvalue weighted by atomic mass is 10.1. The Balaban J connectivity index is 2.25. The monoisotopic (exact) mass is 372 g/mol. The first-order chi connectivity index (χ1) is 12.9. The highest BCUT2D eigenvalue weighted by atomic mass is 19.1. The van der Waals surface area contributed by atoms with Crippen LogP contribution in [-0.2, 0) is 0 Å². The number of halogens is 1. The molecule has 0 unspecified atom stereocenters. The molecule has 0 fully saturated rings. The topological polar surface area (TPSA) is 127 Å². The van der Waals surface area contributed by atoms with Gasteiger partial charge >= 0.3 is 5.69 Å². The minimum absolute atomic E-state index is 0.00214. The number of benzene rings is 2. The first kappa shape index (κ1) is 19.3. The number of nitro groups is 1. The van der Waals surface area contributed by atoms with Gasteiger partial charge in [0, 0.05) is 17.7 Å². The molecule has 138 valence electrons. The fourth-order valence-electron chi connectivity index (χ4n) is 2.14. The Kier molecular flexibility index (Phi) is 6.01. The number of hydrogen-bond acceptors (Lipinski definition) is 7. The van der Waals surface area contributed by atoms with Crippen LogP contribution in [0.3, 0.4) is 0 Å². The van der Waals surface area contributed by atoms with Crippen LogP contribution in [-0.4, -0.2) is 31.3 Å². The van der Waals surface area contributed by atoms with Gasteiger partial charge in [-0.05, 0) is 18.2 Å². The minimum Gasteiger partial charge on any atom is -0.496 e. The van der Waals surface area contributed by atoms with Crippen LogP contribution < -0.4 is 14.9 Å². The molecular weight excluding hydrogens is 359 g/mol. The van der Waals surface area contributed by atoms with Crippen molar-refractivity contribution in [2.45, 2.75) is 0 Å². The second-order valence-corrected chi connectivity index (χ2v) is 5.03. The predicted molar refractivity (Wildman–Crippen MR) is 92.4 cm³/mol. The molecule has 27 heavy (non-hydrogen) atoms. The van der Waals surface area contributed by atoms with Crippen molar-refractivity contribution < 1.29 is 23.6 Å². The summed E-state index contributed by atoms with van der Waals surface area (Å²) in [5.74, 6) is -1.51. The highest BCUT2D eigenvalue weighted by Gasteiger charge is 2.19. The fraction of sp³-hybridized carbons (Fsp3) is 0.118. The molecule has 0 saturated carbocycles. The van der Waals surface area contributed by atoms with Crippen LogP contribution in [0, 0.1) is 27.3 Å². The zero-order valence-electron chi connectivity index (χ0n) is 14.2. The third-order valence-electron chi connectivity index (χ3n) is 3.44. The molecule has 9 nitrogen and oxygen atoms in total. The molecule has 10 heteroatoms. The van der Waals surface area contributed by atoms with Gasteiger partial charge in [0.2, 0.25) is 5.75 Å². The molecular formula is C17H13FN4O5. The van der Waals surface area contributed by atoms with Crippen molar-refractivity contribution in [2.24, 2.45) is 5.10 Å². The molecule has 0 aliphatic heterocycles. The van der Waals surface area contributed by atoms with Crippen molar-refractivity contribution in [3.05, 3.63) is 63.0 Å². The van der Waals surface area contributed by atoms with Crippen LogP contribution in [0.4, 0.5) is 10.1 Å². The van der Waals surface area contributed by atoms with E-state index in [9.17, 15) is 19.3 Å². The quantitative estimate of drug-likeness (QED) is 0.471. The number of ether oxygens (including phenoxy) is 2. The predicted octanol–water partition coefficient (Wildman–Crippen LogP) is 2.39. The van der Waals surface area contributed by atoms with E-state index in [0.717, 1.165) is 24.4 Å². The number of amides is 1. The van der Waals surface area contributed by atoms with E-state index >= 15 is 0 Å². The van der Waals surface area contributed by atoms with E-state index in [1.54, 1.807) is 6.07 Å². The van der Waals surface area contributed by atoms with Crippen LogP contribution in [0.15, 0.2) is 35.4 Å². The van der Waals surface area contributed by atoms with E-state index in [0.29, 0.717) is 0 Å². The van der Waals surface area contributed by atoms with Crippen LogP contribution in [0.1, 0.15) is 21.5 Å². The highest BCUT2D eigenvalue weighted by Crippen LogP contribution is 2.33. The largest absolute Gasteiger partial charge is 0.496 e. The van der Waals surface area contributed by atoms with E-state index in [1.807, 2.05) is 0 Å². The van der Waals surface area contributed by atoms with Crippen molar-refractivity contribution in [3.63, 3.8) is 0 Å². The third-order valence-corrected chi connectivity index (χ3v) is 3.44. The van der Waals surface area contributed by atoms with E-state index in [2.05, 4.69) is 10.5 Å². The standard InChI is InChI=1S/C17H13FN4O5/c1-26-15-7-16(27-2)14(22(24)25)6-11(15)9-20-21-17(23)12-4-3-10(8-19)5-13(12)18/h3-7,9H,1-2H3,(H,21,23)/b20-9+. The molecule has 1 N–H and O–H groups in total. The van der Waals surface area contributed by atoms with Crippen LogP contribution in [0.2, 0.25) is 0 Å². The van der Waals surface area contributed by atoms with E-state index < -0.39 is 16.6 Å². The number of nitriles is 1. The zero-order chi connectivity index (χ0) is 20.0. The average Bonchev–Trinajstić information content (AvgIpc) is 2.66. The summed E-state index contributed by atoms with van der Waals surface area (Å²) in [6.07, 6.45) is 1.12. The SMILES string of the molecule is COc1cc(OC)c([N+](=O)[O-])cc1/C=N/NC(=O)c1ccc(C#N)cc1F. The lowest BCUT2D eigenvalue weighted by Gasteiger charge is -2.08. The van der Waals surface area contributed by atoms with Gasteiger partial charge in [0.05, 0.1) is 42.6 Å². The van der Waals surface area contributed by atoms with Crippen molar-refractivity contribution in [1.82, 2.24) is 5.43 Å². The van der Waals surface area contributed by atoms with Crippen molar-refractivity contribution in [1.29, 1.82) is 5.26 Å². The molecule has 2 rings (SSSR count). The van der Waals surface area contributed by atoms with E-state index in [4.69, 9.17) is 14.7 Å². The second-order valence-electron chi connectivity index (χ2n) is 5.03. The smallest absolute Gasteiger partial charge is 0.311 e. The summed E-state index contributed by atoms with van der Waals surface area (Å²) in [7, 11) is 2.63. The normalized spacial score (nSPS) is 10.3. The number of methoxy groups -OCH3 is 2. The maximum Gasteiger partial charge on any atom is 0.311 e. The summed E-state index contributed by atoms with van der Waals surface area (Å²) >= 11 is 0. The number of nitrogens with zero attached hydrogens (tertiary/aromatic N) is 3. The Bertz CT molecular complexity index is 969. The molecule has 2 aromatic rings. The lowest BCUT2D eigenvalue weighted by molar-refractivity contribution is -0.385. The Labute approximate surface area is 152 Å². The van der Waals surface area contributed by atoms with Gasteiger partial charge in [-0.15, -0.1) is 0 Å². The fourth-order valence-corrected chi connectivity index (χ4v) is 2.14. The van der Waals surface area contributed by atoms with Crippen LogP contribution in [0.5, 0.6) is 11.5 Å². The maximum absolute atomic E-state index is 13.8. The van der Waals surface area contributed by atoms with E-state index in [-0.39, 0.29) is 33.9 Å². The van der Waals surface area contributed by atoms with Crippen LogP contribution in [0.25, 0.3) is 0 Å². The number of hydrazone groups is 1. The number of carbonyl (C=O) groups excluding carboxylic acids is 1. The maximum atomic E-state index is 13.8. The van der Waals surface area contributed by atoms with Crippen molar-refractivity contribution in [2.75, 3.05) is 14.2 Å². The number of nitro benzene ring substituents is 1. The first-order valence-electron chi connectivity index (χ1n) is 7.34. The summed E-state index contributed by atoms with van der Waals surface area (Å²) < 4.78 is 23.9. The average molecular weight is 372 g/mol.